The van der Waals surface area contributed by atoms with Gasteiger partial charge in [0.05, 0.1) is 12.5 Å². The highest BCUT2D eigenvalue weighted by atomic mass is 16.5. The molecule has 0 aliphatic carbocycles. The van der Waals surface area contributed by atoms with Gasteiger partial charge in [0.25, 0.3) is 5.91 Å². The van der Waals surface area contributed by atoms with Gasteiger partial charge in [0.15, 0.2) is 6.61 Å². The molecule has 1 aromatic rings. The molecule has 136 valence electrons. The second-order valence-corrected chi connectivity index (χ2v) is 5.33. The highest BCUT2D eigenvalue weighted by molar-refractivity contribution is 5.95. The lowest BCUT2D eigenvalue weighted by molar-refractivity contribution is -0.148. The van der Waals surface area contributed by atoms with E-state index in [0.29, 0.717) is 6.54 Å². The third-order valence-corrected chi connectivity index (χ3v) is 3.10. The Bertz CT molecular complexity index is 604. The second-order valence-electron chi connectivity index (χ2n) is 5.33. The number of carbonyl (C=O) groups excluding carboxylic acids is 4. The number of hydrogen-bond acceptors (Lipinski definition) is 5. The smallest absolute Gasteiger partial charge is 0.321 e. The minimum Gasteiger partial charge on any atom is -0.455 e. The molecule has 0 saturated carbocycles. The summed E-state index contributed by atoms with van der Waals surface area (Å²) in [4.78, 5) is 46.1. The Morgan fingerprint density at radius 3 is 2.40 bits per heavy atom. The standard InChI is InChI=1S/C17H23N3O5/c1-3-9-18-17(24)20-15(22)11-25-16(23)10-14(19-12(2)21)13-7-5-4-6-8-13/h4-8,14H,3,9-11H2,1-2H3,(H,19,21)(H2,18,20,22,24)/t14-/m0/s1. The van der Waals surface area contributed by atoms with Crippen LogP contribution >= 0.6 is 0 Å². The lowest BCUT2D eigenvalue weighted by Gasteiger charge is -2.17. The van der Waals surface area contributed by atoms with Crippen molar-refractivity contribution in [2.45, 2.75) is 32.7 Å². The van der Waals surface area contributed by atoms with E-state index in [0.717, 1.165) is 12.0 Å². The van der Waals surface area contributed by atoms with Crippen LogP contribution in [0.3, 0.4) is 0 Å². The summed E-state index contributed by atoms with van der Waals surface area (Å²) in [7, 11) is 0. The lowest BCUT2D eigenvalue weighted by atomic mass is 10.0. The molecule has 1 atom stereocenters. The third-order valence-electron chi connectivity index (χ3n) is 3.10. The minimum absolute atomic E-state index is 0.126. The molecule has 8 nitrogen and oxygen atoms in total. The fraction of sp³-hybridized carbons (Fsp3) is 0.412. The maximum absolute atomic E-state index is 11.9. The van der Waals surface area contributed by atoms with Crippen molar-refractivity contribution in [2.24, 2.45) is 0 Å². The van der Waals surface area contributed by atoms with Crippen molar-refractivity contribution in [3.8, 4) is 0 Å². The van der Waals surface area contributed by atoms with E-state index in [1.807, 2.05) is 13.0 Å². The SMILES string of the molecule is CCCNC(=O)NC(=O)COC(=O)C[C@H](NC(C)=O)c1ccccc1. The number of carbonyl (C=O) groups is 4. The molecule has 1 rings (SSSR count). The Morgan fingerprint density at radius 2 is 1.80 bits per heavy atom. The normalized spacial score (nSPS) is 11.1. The fourth-order valence-electron chi connectivity index (χ4n) is 2.00. The number of nitrogens with one attached hydrogen (secondary N) is 3. The van der Waals surface area contributed by atoms with E-state index in [9.17, 15) is 19.2 Å². The Labute approximate surface area is 146 Å². The maximum atomic E-state index is 11.9. The van der Waals surface area contributed by atoms with Gasteiger partial charge in [-0.3, -0.25) is 19.7 Å². The van der Waals surface area contributed by atoms with Gasteiger partial charge in [-0.1, -0.05) is 37.3 Å². The highest BCUT2D eigenvalue weighted by Gasteiger charge is 2.19. The first-order valence-electron chi connectivity index (χ1n) is 7.97. The van der Waals surface area contributed by atoms with Crippen molar-refractivity contribution in [2.75, 3.05) is 13.2 Å². The summed E-state index contributed by atoms with van der Waals surface area (Å²) in [6, 6.07) is 7.76. The van der Waals surface area contributed by atoms with E-state index in [-0.39, 0.29) is 12.3 Å². The van der Waals surface area contributed by atoms with Gasteiger partial charge in [0.1, 0.15) is 0 Å². The minimum atomic E-state index is -0.724. The number of urea groups is 1. The van der Waals surface area contributed by atoms with Gasteiger partial charge in [-0.2, -0.15) is 0 Å². The van der Waals surface area contributed by atoms with Crippen LogP contribution in [0.4, 0.5) is 4.79 Å². The van der Waals surface area contributed by atoms with Crippen LogP contribution < -0.4 is 16.0 Å². The Morgan fingerprint density at radius 1 is 1.12 bits per heavy atom. The molecule has 0 saturated heterocycles. The summed E-state index contributed by atoms with van der Waals surface area (Å²) in [5.41, 5.74) is 0.748. The van der Waals surface area contributed by atoms with Gasteiger partial charge in [-0.05, 0) is 12.0 Å². The van der Waals surface area contributed by atoms with Gasteiger partial charge in [0, 0.05) is 13.5 Å². The number of esters is 1. The summed E-state index contributed by atoms with van der Waals surface area (Å²) in [5.74, 6) is -1.67. The zero-order valence-electron chi connectivity index (χ0n) is 14.3. The molecule has 0 aliphatic heterocycles. The van der Waals surface area contributed by atoms with Crippen LogP contribution in [0.1, 0.15) is 38.3 Å². The monoisotopic (exact) mass is 349 g/mol. The van der Waals surface area contributed by atoms with Crippen molar-refractivity contribution in [1.29, 1.82) is 0 Å². The fourth-order valence-corrected chi connectivity index (χ4v) is 2.00. The number of ether oxygens (including phenoxy) is 1. The molecule has 0 heterocycles. The first-order valence-corrected chi connectivity index (χ1v) is 7.97. The third kappa shape index (κ3) is 8.50. The van der Waals surface area contributed by atoms with E-state index >= 15 is 0 Å². The first kappa shape index (κ1) is 20.1. The quantitative estimate of drug-likeness (QED) is 0.607. The molecule has 1 aromatic carbocycles. The largest absolute Gasteiger partial charge is 0.455 e. The summed E-state index contributed by atoms with van der Waals surface area (Å²) < 4.78 is 4.86. The van der Waals surface area contributed by atoms with Crippen LogP contribution in [-0.4, -0.2) is 37.0 Å². The van der Waals surface area contributed by atoms with Crippen LogP contribution in [-0.2, 0) is 19.1 Å². The molecule has 0 spiro atoms. The van der Waals surface area contributed by atoms with E-state index in [4.69, 9.17) is 4.74 Å². The predicted octanol–water partition coefficient (Wildman–Crippen LogP) is 1.03. The second kappa shape index (κ2) is 10.8. The highest BCUT2D eigenvalue weighted by Crippen LogP contribution is 2.17. The molecule has 0 fully saturated rings. The van der Waals surface area contributed by atoms with Gasteiger partial charge in [-0.15, -0.1) is 0 Å². The molecule has 8 heteroatoms. The lowest BCUT2D eigenvalue weighted by Crippen LogP contribution is -2.41. The van der Waals surface area contributed by atoms with E-state index in [1.54, 1.807) is 24.3 Å². The topological polar surface area (TPSA) is 114 Å². The van der Waals surface area contributed by atoms with Gasteiger partial charge in [0.2, 0.25) is 5.91 Å². The molecule has 0 aromatic heterocycles. The molecule has 0 bridgehead atoms. The van der Waals surface area contributed by atoms with E-state index in [1.165, 1.54) is 6.92 Å². The molecule has 0 unspecified atom stereocenters. The molecular weight excluding hydrogens is 326 g/mol. The van der Waals surface area contributed by atoms with Crippen LogP contribution in [0.25, 0.3) is 0 Å². The van der Waals surface area contributed by atoms with Gasteiger partial charge < -0.3 is 15.4 Å². The van der Waals surface area contributed by atoms with Gasteiger partial charge >= 0.3 is 12.0 Å². The van der Waals surface area contributed by atoms with Crippen LogP contribution in [0, 0.1) is 0 Å². The number of rotatable bonds is 8. The van der Waals surface area contributed by atoms with E-state index < -0.39 is 30.6 Å². The molecule has 3 N–H and O–H groups in total. The number of benzene rings is 1. The summed E-state index contributed by atoms with van der Waals surface area (Å²) in [6.07, 6.45) is 0.611. The van der Waals surface area contributed by atoms with E-state index in [2.05, 4.69) is 16.0 Å². The molecular formula is C17H23N3O5. The molecule has 4 amide bonds. The molecule has 0 aliphatic rings. The number of imide groups is 1. The Balaban J connectivity index is 2.48. The van der Waals surface area contributed by atoms with Crippen LogP contribution in [0.5, 0.6) is 0 Å². The van der Waals surface area contributed by atoms with Gasteiger partial charge in [-0.25, -0.2) is 4.79 Å². The Kier molecular flexibility index (Phi) is 8.70. The zero-order chi connectivity index (χ0) is 18.7. The van der Waals surface area contributed by atoms with Crippen molar-refractivity contribution in [1.82, 2.24) is 16.0 Å². The number of hydrogen-bond donors (Lipinski definition) is 3. The zero-order valence-corrected chi connectivity index (χ0v) is 14.3. The van der Waals surface area contributed by atoms with Crippen LogP contribution in [0.15, 0.2) is 30.3 Å². The molecule has 25 heavy (non-hydrogen) atoms. The first-order chi connectivity index (χ1) is 11.9. The summed E-state index contributed by atoms with van der Waals surface area (Å²) >= 11 is 0. The van der Waals surface area contributed by atoms with Crippen molar-refractivity contribution in [3.05, 3.63) is 35.9 Å². The predicted molar refractivity (Wildman–Crippen MR) is 90.4 cm³/mol. The van der Waals surface area contributed by atoms with Crippen molar-refractivity contribution < 1.29 is 23.9 Å². The average Bonchev–Trinajstić information content (AvgIpc) is 2.58. The molecule has 0 radical (unpaired) electrons. The number of amides is 4. The average molecular weight is 349 g/mol. The van der Waals surface area contributed by atoms with Crippen molar-refractivity contribution in [3.63, 3.8) is 0 Å². The van der Waals surface area contributed by atoms with Crippen molar-refractivity contribution >= 4 is 23.8 Å². The summed E-state index contributed by atoms with van der Waals surface area (Å²) in [6.45, 7) is 3.10. The maximum Gasteiger partial charge on any atom is 0.321 e. The van der Waals surface area contributed by atoms with Crippen LogP contribution in [0.2, 0.25) is 0 Å². The summed E-state index contributed by atoms with van der Waals surface area (Å²) in [5, 5.41) is 7.18. The Hall–Kier alpha value is -2.90.